The lowest BCUT2D eigenvalue weighted by molar-refractivity contribution is -0.137. The highest BCUT2D eigenvalue weighted by molar-refractivity contribution is 7.89. The van der Waals surface area contributed by atoms with E-state index in [0.717, 1.165) is 135 Å². The molecular formula is C81H84Cl2F3N21O6S. The summed E-state index contributed by atoms with van der Waals surface area (Å²) in [5.74, 6) is 2.74. The van der Waals surface area contributed by atoms with Crippen LogP contribution < -0.4 is 49.2 Å². The van der Waals surface area contributed by atoms with Crippen LogP contribution in [-0.4, -0.2) is 112 Å². The van der Waals surface area contributed by atoms with Crippen molar-refractivity contribution in [1.29, 1.82) is 5.26 Å². The van der Waals surface area contributed by atoms with Gasteiger partial charge in [0.1, 0.15) is 0 Å². The van der Waals surface area contributed by atoms with E-state index in [-0.39, 0.29) is 47.3 Å². The average molecular weight is 1610 g/mol. The summed E-state index contributed by atoms with van der Waals surface area (Å²) in [4.78, 5) is 61.1. The summed E-state index contributed by atoms with van der Waals surface area (Å²) < 4.78 is 80.5. The molecule has 0 radical (unpaired) electrons. The third-order valence-corrected chi connectivity index (χ3v) is 19.6. The molecule has 0 atom stereocenters. The van der Waals surface area contributed by atoms with E-state index in [1.54, 1.807) is 54.6 Å². The minimum absolute atomic E-state index is 0.0618. The third-order valence-electron chi connectivity index (χ3n) is 16.9. The van der Waals surface area contributed by atoms with Crippen LogP contribution in [0.15, 0.2) is 175 Å². The van der Waals surface area contributed by atoms with Gasteiger partial charge in [0.25, 0.3) is 0 Å². The van der Waals surface area contributed by atoms with Crippen molar-refractivity contribution in [2.24, 2.45) is 0 Å². The summed E-state index contributed by atoms with van der Waals surface area (Å²) in [6.45, 7) is 15.3. The SMILES string of the molecule is CCc1cc(-c2ccc(S(=O)(=O)N3CCOCC3)cc2)nc(N)n1.CCc1cc(-c2ccc3c(c2)OCO3)nc(N)n1.CCc1cc(-c2cccc(C#N)c2)nc(N)n1.CCc1cc(-c2cccc(C(F)(F)F)c2)nc(N)n1.CCc1cc(-c2cccc(Cl)c2Cl)nc(N)n1.CCc1cc(-c2cccc(NC(C)=O)c2)nc(N)n1. The first-order valence-electron chi connectivity index (χ1n) is 36.0. The molecule has 1 amide bonds. The van der Waals surface area contributed by atoms with Gasteiger partial charge in [0.2, 0.25) is 58.4 Å². The van der Waals surface area contributed by atoms with Crippen molar-refractivity contribution in [1.82, 2.24) is 64.1 Å². The number of aryl methyl sites for hydroxylation is 6. The summed E-state index contributed by atoms with van der Waals surface area (Å²) in [5.41, 5.74) is 48.6. The number of carbonyl (C=O) groups excluding carboxylic acids is 1. The molecule has 0 unspecified atom stereocenters. The van der Waals surface area contributed by atoms with Crippen LogP contribution in [0, 0.1) is 11.3 Å². The summed E-state index contributed by atoms with van der Waals surface area (Å²) in [5, 5.41) is 12.6. The molecule has 0 aliphatic carbocycles. The van der Waals surface area contributed by atoms with Crippen molar-refractivity contribution >= 4 is 80.5 Å². The molecule has 6 aromatic carbocycles. The fourth-order valence-electron chi connectivity index (χ4n) is 11.1. The zero-order valence-corrected chi connectivity index (χ0v) is 65.7. The lowest BCUT2D eigenvalue weighted by Gasteiger charge is -2.26. The standard InChI is InChI=1S/C16H20N4O3S.C14H16N4O.C13H12F3N3.C13H12N4.C13H13N3O2.C12H11Cl2N3/c1-2-13-11-15(19-16(17)18-13)12-3-5-14(6-4-12)24(21,22)20-7-9-23-10-8-20;1-3-11-8-13(18-14(15)17-11)10-5-4-6-12(7-10)16-9(2)19;1-2-10-7-11(19-12(17)18-10)8-4-3-5-9(6-8)13(14,15)16;1-2-11-7-12(17-13(15)16-11)10-5-3-4-9(6-10)8-14;1-2-9-6-10(16-13(14)15-9)8-3-4-11-12(5-8)18-7-17-11;1-2-7-6-10(17-12(15)16-7)8-4-3-5-9(13)11(8)14/h3-6,11H,2,7-10H2,1H3,(H2,17,18,19);4-8H,3H2,1-2H3,(H,16,19)(H2,15,17,18);3-7H,2H2,1H3,(H2,17,18,19);3-7H,2H2,1H3,(H2,15,16,17);3-6H,2,7H2,1H3,(H2,14,15,16);3-6H,2H2,1H3,(H2,15,16,17). The number of amides is 1. The Kier molecular flexibility index (Phi) is 30.0. The Hall–Kier alpha value is -12.6. The molecule has 12 aromatic rings. The number of rotatable bonds is 15. The summed E-state index contributed by atoms with van der Waals surface area (Å²) in [6.07, 6.45) is 0.231. The van der Waals surface area contributed by atoms with Crippen LogP contribution in [0.2, 0.25) is 10.0 Å². The van der Waals surface area contributed by atoms with Gasteiger partial charge in [-0.1, -0.05) is 125 Å². The van der Waals surface area contributed by atoms with Crippen LogP contribution in [0.3, 0.4) is 0 Å². The van der Waals surface area contributed by atoms with E-state index in [0.29, 0.717) is 82.6 Å². The van der Waals surface area contributed by atoms with E-state index in [2.05, 4.69) is 71.2 Å². The Balaban J connectivity index is 0.000000157. The number of hydrogen-bond donors (Lipinski definition) is 7. The van der Waals surface area contributed by atoms with Crippen LogP contribution in [-0.2, 0) is 64.3 Å². The first-order valence-corrected chi connectivity index (χ1v) is 38.2. The van der Waals surface area contributed by atoms with Gasteiger partial charge >= 0.3 is 6.18 Å². The number of hydrogen-bond acceptors (Lipinski definition) is 25. The minimum atomic E-state index is -4.37. The first kappa shape index (κ1) is 85.4. The normalized spacial score (nSPS) is 12.1. The Morgan fingerprint density at radius 2 is 0.860 bits per heavy atom. The second-order valence-electron chi connectivity index (χ2n) is 25.0. The van der Waals surface area contributed by atoms with Gasteiger partial charge in [-0.15, -0.1) is 0 Å². The van der Waals surface area contributed by atoms with Crippen molar-refractivity contribution < 1.29 is 40.6 Å². The van der Waals surface area contributed by atoms with E-state index in [4.69, 9.17) is 77.1 Å². The molecule has 1 saturated heterocycles. The van der Waals surface area contributed by atoms with Crippen LogP contribution in [0.1, 0.15) is 93.8 Å². The number of nitrogen functional groups attached to an aromatic ring is 6. The van der Waals surface area contributed by atoms with E-state index < -0.39 is 21.8 Å². The van der Waals surface area contributed by atoms with Crippen LogP contribution in [0.4, 0.5) is 54.5 Å². The van der Waals surface area contributed by atoms with E-state index in [1.807, 2.05) is 139 Å². The van der Waals surface area contributed by atoms with Gasteiger partial charge in [-0.05, 0) is 148 Å². The number of nitrogens with zero attached hydrogens (tertiary/aromatic N) is 14. The van der Waals surface area contributed by atoms with Crippen LogP contribution >= 0.6 is 23.2 Å². The van der Waals surface area contributed by atoms with Gasteiger partial charge in [0.15, 0.2) is 11.5 Å². The molecule has 8 heterocycles. The number of nitrogens with one attached hydrogen (secondary N) is 1. The number of aromatic nitrogens is 12. The van der Waals surface area contributed by atoms with Crippen LogP contribution in [0.5, 0.6) is 11.5 Å². The Morgan fingerprint density at radius 3 is 1.31 bits per heavy atom. The number of morpholine rings is 1. The second-order valence-corrected chi connectivity index (χ2v) is 27.7. The first-order chi connectivity index (χ1) is 54.6. The largest absolute Gasteiger partial charge is 0.454 e. The number of nitrogens with two attached hydrogens (primary N) is 6. The highest BCUT2D eigenvalue weighted by Gasteiger charge is 2.31. The average Bonchev–Trinajstić information content (AvgIpc) is 1.07. The van der Waals surface area contributed by atoms with Gasteiger partial charge in [-0.25, -0.2) is 68.2 Å². The zero-order valence-electron chi connectivity index (χ0n) is 63.4. The molecule has 2 aliphatic heterocycles. The van der Waals surface area contributed by atoms with E-state index in [9.17, 15) is 26.4 Å². The number of nitriles is 1. The predicted octanol–water partition coefficient (Wildman–Crippen LogP) is 14.6. The topological polar surface area (TPSA) is 429 Å². The number of fused-ring (bicyclic) bond motifs is 1. The monoisotopic (exact) mass is 1610 g/mol. The molecular weight excluding hydrogens is 1520 g/mol. The van der Waals surface area contributed by atoms with Crippen LogP contribution in [0.25, 0.3) is 67.5 Å². The lowest BCUT2D eigenvalue weighted by atomic mass is 10.1. The van der Waals surface area contributed by atoms with Crippen molar-refractivity contribution in [2.75, 3.05) is 72.8 Å². The van der Waals surface area contributed by atoms with Gasteiger partial charge in [-0.2, -0.15) is 22.7 Å². The summed E-state index contributed by atoms with van der Waals surface area (Å²) in [6, 6.07) is 50.8. The number of ether oxygens (including phenoxy) is 3. The molecule has 0 bridgehead atoms. The molecule has 590 valence electrons. The zero-order chi connectivity index (χ0) is 82.2. The fourth-order valence-corrected chi connectivity index (χ4v) is 12.9. The molecule has 0 spiro atoms. The molecule has 13 N–H and O–H groups in total. The Labute approximate surface area is 667 Å². The van der Waals surface area contributed by atoms with Crippen molar-refractivity contribution in [3.05, 3.63) is 225 Å². The van der Waals surface area contributed by atoms with Gasteiger partial charge in [0, 0.05) is 93.2 Å². The van der Waals surface area contributed by atoms with Crippen molar-refractivity contribution in [3.63, 3.8) is 0 Å². The number of carbonyl (C=O) groups is 1. The summed E-state index contributed by atoms with van der Waals surface area (Å²) in [7, 11) is -3.49. The van der Waals surface area contributed by atoms with Gasteiger partial charge in [0.05, 0.1) is 79.5 Å². The number of benzene rings is 6. The maximum atomic E-state index is 12.7. The summed E-state index contributed by atoms with van der Waals surface area (Å²) >= 11 is 12.1. The van der Waals surface area contributed by atoms with Crippen molar-refractivity contribution in [2.45, 2.75) is 98.1 Å². The molecule has 6 aromatic heterocycles. The number of alkyl halides is 3. The van der Waals surface area contributed by atoms with E-state index >= 15 is 0 Å². The Bertz CT molecular complexity index is 5510. The molecule has 1 fully saturated rings. The molecule has 114 heavy (non-hydrogen) atoms. The quantitative estimate of drug-likeness (QED) is 0.0501. The minimum Gasteiger partial charge on any atom is -0.454 e. The Morgan fingerprint density at radius 1 is 0.474 bits per heavy atom. The maximum absolute atomic E-state index is 12.7. The molecule has 27 nitrogen and oxygen atoms in total. The number of sulfonamides is 1. The number of halogens is 5. The molecule has 0 saturated carbocycles. The van der Waals surface area contributed by atoms with Gasteiger partial charge < -0.3 is 53.9 Å². The lowest BCUT2D eigenvalue weighted by Crippen LogP contribution is -2.40. The smallest absolute Gasteiger partial charge is 0.416 e. The van der Waals surface area contributed by atoms with Gasteiger partial charge in [-0.3, -0.25) is 4.79 Å². The van der Waals surface area contributed by atoms with E-state index in [1.165, 1.54) is 17.3 Å². The second kappa shape index (κ2) is 40.0. The highest BCUT2D eigenvalue weighted by Crippen LogP contribution is 2.37. The third kappa shape index (κ3) is 24.0. The molecule has 14 rings (SSSR count). The van der Waals surface area contributed by atoms with Crippen molar-refractivity contribution in [3.8, 4) is 85.1 Å². The fraction of sp³-hybridized carbons (Fsp3) is 0.235. The number of anilines is 7. The molecule has 33 heteroatoms. The predicted molar refractivity (Wildman–Crippen MR) is 437 cm³/mol. The maximum Gasteiger partial charge on any atom is 0.416 e. The highest BCUT2D eigenvalue weighted by atomic mass is 35.5. The molecule has 2 aliphatic rings.